The summed E-state index contributed by atoms with van der Waals surface area (Å²) in [5.41, 5.74) is 8.42. The van der Waals surface area contributed by atoms with Gasteiger partial charge in [0, 0.05) is 33.2 Å². The minimum absolute atomic E-state index is 0.628. The molecule has 11 aromatic rings. The normalized spacial score (nSPS) is 11.6. The van der Waals surface area contributed by atoms with Crippen LogP contribution >= 0.6 is 0 Å². The SMILES string of the molecule is c1ccc(-c2cccc(-c3nc(-c4ccccc4)nc(-c4ccc5c6ccccc6n(-c6ccc7c8ccccc8c8ccccc8c7c6)c5c4)n3)c2)cc1. The summed E-state index contributed by atoms with van der Waals surface area (Å²) in [5.74, 6) is 1.90. The van der Waals surface area contributed by atoms with Crippen LogP contribution in [0.1, 0.15) is 0 Å². The van der Waals surface area contributed by atoms with Crippen molar-refractivity contribution >= 4 is 54.1 Å². The number of fused-ring (bicyclic) bond motifs is 9. The first-order chi connectivity index (χ1) is 27.3. The first-order valence-corrected chi connectivity index (χ1v) is 18.6. The zero-order chi connectivity index (χ0) is 36.3. The lowest BCUT2D eigenvalue weighted by molar-refractivity contribution is 1.07. The quantitative estimate of drug-likeness (QED) is 0.168. The minimum Gasteiger partial charge on any atom is -0.309 e. The van der Waals surface area contributed by atoms with E-state index in [4.69, 9.17) is 15.0 Å². The van der Waals surface area contributed by atoms with Gasteiger partial charge in [0.2, 0.25) is 0 Å². The number of para-hydroxylation sites is 1. The molecule has 0 unspecified atom stereocenters. The Morgan fingerprint density at radius 2 is 0.709 bits per heavy atom. The van der Waals surface area contributed by atoms with E-state index < -0.39 is 0 Å². The molecule has 256 valence electrons. The molecular weight excluding hydrogens is 669 g/mol. The minimum atomic E-state index is 0.628. The molecule has 2 heterocycles. The van der Waals surface area contributed by atoms with Crippen molar-refractivity contribution in [3.8, 4) is 51.0 Å². The lowest BCUT2D eigenvalue weighted by Crippen LogP contribution is -2.00. The molecule has 55 heavy (non-hydrogen) atoms. The summed E-state index contributed by atoms with van der Waals surface area (Å²) in [6, 6.07) is 68.7. The fourth-order valence-electron chi connectivity index (χ4n) is 8.24. The van der Waals surface area contributed by atoms with Gasteiger partial charge in [0.15, 0.2) is 17.5 Å². The summed E-state index contributed by atoms with van der Waals surface area (Å²) in [7, 11) is 0. The van der Waals surface area contributed by atoms with E-state index in [1.165, 1.54) is 43.1 Å². The van der Waals surface area contributed by atoms with Crippen LogP contribution in [0.2, 0.25) is 0 Å². The average molecular weight is 701 g/mol. The molecule has 0 fully saturated rings. The largest absolute Gasteiger partial charge is 0.309 e. The lowest BCUT2D eigenvalue weighted by Gasteiger charge is -2.14. The topological polar surface area (TPSA) is 43.6 Å². The molecule has 0 radical (unpaired) electrons. The third-order valence-electron chi connectivity index (χ3n) is 10.8. The number of rotatable bonds is 5. The molecule has 0 saturated heterocycles. The van der Waals surface area contributed by atoms with Crippen molar-refractivity contribution in [2.24, 2.45) is 0 Å². The second-order valence-electron chi connectivity index (χ2n) is 14.0. The van der Waals surface area contributed by atoms with Crippen LogP contribution in [0.4, 0.5) is 0 Å². The molecule has 0 amide bonds. The van der Waals surface area contributed by atoms with Crippen LogP contribution < -0.4 is 0 Å². The molecule has 0 N–H and O–H groups in total. The first-order valence-electron chi connectivity index (χ1n) is 18.6. The Morgan fingerprint density at radius 1 is 0.255 bits per heavy atom. The number of aromatic nitrogens is 4. The zero-order valence-corrected chi connectivity index (χ0v) is 29.8. The smallest absolute Gasteiger partial charge is 0.164 e. The van der Waals surface area contributed by atoms with E-state index in [-0.39, 0.29) is 0 Å². The number of hydrogen-bond donors (Lipinski definition) is 0. The molecule has 0 spiro atoms. The van der Waals surface area contributed by atoms with Crippen molar-refractivity contribution in [3.05, 3.63) is 194 Å². The van der Waals surface area contributed by atoms with Crippen molar-refractivity contribution in [2.45, 2.75) is 0 Å². The summed E-state index contributed by atoms with van der Waals surface area (Å²) >= 11 is 0. The Morgan fingerprint density at radius 3 is 1.38 bits per heavy atom. The van der Waals surface area contributed by atoms with Gasteiger partial charge in [0.1, 0.15) is 0 Å². The highest BCUT2D eigenvalue weighted by Gasteiger charge is 2.18. The highest BCUT2D eigenvalue weighted by Crippen LogP contribution is 2.39. The summed E-state index contributed by atoms with van der Waals surface area (Å²) in [4.78, 5) is 15.3. The standard InChI is InChI=1S/C51H32N4/c1-3-14-33(15-4-1)35-18-13-19-36(30-35)50-52-49(34-16-5-2-6-17-34)53-51(54-50)37-26-28-45-44-24-11-12-25-47(44)55(48(45)31-37)38-27-29-43-41-22-8-7-20-39(41)40-21-9-10-23-42(40)46(43)32-38/h1-32H. The Labute approximate surface area is 317 Å². The molecule has 0 aliphatic heterocycles. The molecule has 9 aromatic carbocycles. The van der Waals surface area contributed by atoms with Crippen LogP contribution in [-0.4, -0.2) is 19.5 Å². The van der Waals surface area contributed by atoms with Gasteiger partial charge < -0.3 is 4.57 Å². The Hall–Kier alpha value is -7.43. The Kier molecular flexibility index (Phi) is 7.14. The van der Waals surface area contributed by atoms with Gasteiger partial charge in [-0.1, -0.05) is 164 Å². The van der Waals surface area contributed by atoms with Crippen LogP contribution in [0, 0.1) is 0 Å². The second-order valence-corrected chi connectivity index (χ2v) is 14.0. The van der Waals surface area contributed by atoms with Crippen LogP contribution in [0.5, 0.6) is 0 Å². The van der Waals surface area contributed by atoms with Gasteiger partial charge in [-0.15, -0.1) is 0 Å². The van der Waals surface area contributed by atoms with Crippen molar-refractivity contribution in [1.29, 1.82) is 0 Å². The molecule has 0 bridgehead atoms. The summed E-state index contributed by atoms with van der Waals surface area (Å²) < 4.78 is 2.39. The average Bonchev–Trinajstić information content (AvgIpc) is 3.60. The molecule has 4 nitrogen and oxygen atoms in total. The van der Waals surface area contributed by atoms with Gasteiger partial charge in [-0.2, -0.15) is 0 Å². The molecule has 11 rings (SSSR count). The monoisotopic (exact) mass is 700 g/mol. The molecule has 0 aliphatic rings. The third-order valence-corrected chi connectivity index (χ3v) is 10.8. The Bertz CT molecular complexity index is 3220. The van der Waals surface area contributed by atoms with Gasteiger partial charge in [0.05, 0.1) is 11.0 Å². The fourth-order valence-corrected chi connectivity index (χ4v) is 8.24. The van der Waals surface area contributed by atoms with E-state index >= 15 is 0 Å². The Balaban J connectivity index is 1.13. The molecule has 2 aromatic heterocycles. The van der Waals surface area contributed by atoms with Crippen molar-refractivity contribution < 1.29 is 0 Å². The van der Waals surface area contributed by atoms with E-state index in [9.17, 15) is 0 Å². The molecule has 4 heteroatoms. The third kappa shape index (κ3) is 5.19. The summed E-state index contributed by atoms with van der Waals surface area (Å²) in [5, 5.41) is 9.92. The van der Waals surface area contributed by atoms with E-state index in [0.717, 1.165) is 44.5 Å². The van der Waals surface area contributed by atoms with E-state index in [1.807, 2.05) is 24.3 Å². The van der Waals surface area contributed by atoms with Gasteiger partial charge in [-0.05, 0) is 73.8 Å². The summed E-state index contributed by atoms with van der Waals surface area (Å²) in [6.07, 6.45) is 0. The number of hydrogen-bond acceptors (Lipinski definition) is 3. The van der Waals surface area contributed by atoms with Crippen molar-refractivity contribution in [2.75, 3.05) is 0 Å². The van der Waals surface area contributed by atoms with Crippen LogP contribution in [-0.2, 0) is 0 Å². The van der Waals surface area contributed by atoms with E-state index in [2.05, 4.69) is 174 Å². The first kappa shape index (κ1) is 31.1. The van der Waals surface area contributed by atoms with Gasteiger partial charge in [-0.25, -0.2) is 15.0 Å². The number of benzene rings is 9. The number of nitrogens with zero attached hydrogens (tertiary/aromatic N) is 4. The fraction of sp³-hybridized carbons (Fsp3) is 0. The maximum atomic E-state index is 5.17. The van der Waals surface area contributed by atoms with Gasteiger partial charge in [-0.3, -0.25) is 0 Å². The highest BCUT2D eigenvalue weighted by atomic mass is 15.0. The van der Waals surface area contributed by atoms with E-state index in [1.54, 1.807) is 0 Å². The van der Waals surface area contributed by atoms with Crippen molar-refractivity contribution in [3.63, 3.8) is 0 Å². The summed E-state index contributed by atoms with van der Waals surface area (Å²) in [6.45, 7) is 0. The van der Waals surface area contributed by atoms with Crippen LogP contribution in [0.25, 0.3) is 105 Å². The predicted octanol–water partition coefficient (Wildman–Crippen LogP) is 13.1. The predicted molar refractivity (Wildman–Crippen MR) is 228 cm³/mol. The van der Waals surface area contributed by atoms with E-state index in [0.29, 0.717) is 17.5 Å². The highest BCUT2D eigenvalue weighted by molar-refractivity contribution is 6.25. The molecule has 0 aliphatic carbocycles. The van der Waals surface area contributed by atoms with Crippen LogP contribution in [0.15, 0.2) is 194 Å². The molecule has 0 saturated carbocycles. The maximum Gasteiger partial charge on any atom is 0.164 e. The second kappa shape index (κ2) is 12.6. The zero-order valence-electron chi connectivity index (χ0n) is 29.8. The van der Waals surface area contributed by atoms with Crippen LogP contribution in [0.3, 0.4) is 0 Å². The lowest BCUT2D eigenvalue weighted by atomic mass is 9.94. The molecular formula is C51H32N4. The van der Waals surface area contributed by atoms with Gasteiger partial charge in [0.25, 0.3) is 0 Å². The molecule has 0 atom stereocenters. The van der Waals surface area contributed by atoms with Gasteiger partial charge >= 0.3 is 0 Å². The maximum absolute atomic E-state index is 5.17. The van der Waals surface area contributed by atoms with Crippen molar-refractivity contribution in [1.82, 2.24) is 19.5 Å².